The fraction of sp³-hybridized carbons (Fsp3) is 0.467. The van der Waals surface area contributed by atoms with Crippen LogP contribution in [0.1, 0.15) is 30.0 Å². The summed E-state index contributed by atoms with van der Waals surface area (Å²) in [6.45, 7) is 5.96. The van der Waals surface area contributed by atoms with E-state index >= 15 is 0 Å². The summed E-state index contributed by atoms with van der Waals surface area (Å²) in [5.74, 6) is 0.576. The second-order valence-electron chi connectivity index (χ2n) is 4.74. The van der Waals surface area contributed by atoms with Crippen molar-refractivity contribution in [2.24, 2.45) is 0 Å². The molecule has 0 saturated carbocycles. The lowest BCUT2D eigenvalue weighted by molar-refractivity contribution is -0.127. The molecule has 1 aromatic carbocycles. The maximum absolute atomic E-state index is 11.3. The van der Waals surface area contributed by atoms with E-state index in [1.807, 2.05) is 13.8 Å². The van der Waals surface area contributed by atoms with Crippen molar-refractivity contribution in [1.82, 2.24) is 5.32 Å². The van der Waals surface area contributed by atoms with Gasteiger partial charge in [0.25, 0.3) is 0 Å². The van der Waals surface area contributed by atoms with Crippen LogP contribution in [0.25, 0.3) is 0 Å². The number of hydrogen-bond donors (Lipinski definition) is 1. The Kier molecular flexibility index (Phi) is 5.55. The molecular formula is C15H21NO3. The Morgan fingerprint density at radius 1 is 1.21 bits per heavy atom. The standard InChI is InChI=1S/C15H21NO3/c1-10-7-13(8-11(2)15(10)19-4)5-6-16-14(18)9-12(3)17/h7-8H,5-6,9H2,1-4H3,(H,16,18). The van der Waals surface area contributed by atoms with Gasteiger partial charge in [0.05, 0.1) is 13.5 Å². The lowest BCUT2D eigenvalue weighted by Crippen LogP contribution is -2.27. The molecule has 0 aliphatic carbocycles. The predicted octanol–water partition coefficient (Wildman–Crippen LogP) is 1.95. The van der Waals surface area contributed by atoms with Crippen molar-refractivity contribution in [3.05, 3.63) is 28.8 Å². The molecule has 0 fully saturated rings. The van der Waals surface area contributed by atoms with Crippen molar-refractivity contribution in [2.45, 2.75) is 33.6 Å². The number of methoxy groups -OCH3 is 1. The van der Waals surface area contributed by atoms with Crippen LogP contribution in [0.5, 0.6) is 5.75 Å². The molecule has 19 heavy (non-hydrogen) atoms. The van der Waals surface area contributed by atoms with Gasteiger partial charge in [-0.1, -0.05) is 12.1 Å². The topological polar surface area (TPSA) is 55.4 Å². The Morgan fingerprint density at radius 3 is 2.26 bits per heavy atom. The molecule has 0 aliphatic heterocycles. The number of carbonyl (C=O) groups is 2. The van der Waals surface area contributed by atoms with Gasteiger partial charge in [0.15, 0.2) is 0 Å². The average molecular weight is 263 g/mol. The fourth-order valence-electron chi connectivity index (χ4n) is 2.14. The largest absolute Gasteiger partial charge is 0.496 e. The minimum atomic E-state index is -0.213. The Balaban J connectivity index is 2.55. The van der Waals surface area contributed by atoms with Gasteiger partial charge in [0.2, 0.25) is 5.91 Å². The highest BCUT2D eigenvalue weighted by Crippen LogP contribution is 2.24. The molecule has 0 aromatic heterocycles. The molecule has 0 atom stereocenters. The molecule has 0 unspecified atom stereocenters. The first-order chi connectivity index (χ1) is 8.93. The number of Topliss-reactive ketones (excluding diaryl/α,β-unsaturated/α-hetero) is 1. The van der Waals surface area contributed by atoms with E-state index < -0.39 is 0 Å². The van der Waals surface area contributed by atoms with Crippen molar-refractivity contribution in [3.8, 4) is 5.75 Å². The van der Waals surface area contributed by atoms with Gasteiger partial charge in [-0.15, -0.1) is 0 Å². The van der Waals surface area contributed by atoms with Crippen molar-refractivity contribution in [1.29, 1.82) is 0 Å². The normalized spacial score (nSPS) is 10.1. The smallest absolute Gasteiger partial charge is 0.227 e. The summed E-state index contributed by atoms with van der Waals surface area (Å²) in [5.41, 5.74) is 3.33. The minimum absolute atomic E-state index is 0.0410. The monoisotopic (exact) mass is 263 g/mol. The molecule has 0 aliphatic rings. The third-order valence-electron chi connectivity index (χ3n) is 2.87. The number of ether oxygens (including phenoxy) is 1. The van der Waals surface area contributed by atoms with E-state index in [0.29, 0.717) is 6.54 Å². The molecule has 4 nitrogen and oxygen atoms in total. The molecule has 104 valence electrons. The number of aryl methyl sites for hydroxylation is 2. The van der Waals surface area contributed by atoms with Crippen LogP contribution < -0.4 is 10.1 Å². The molecular weight excluding hydrogens is 242 g/mol. The number of hydrogen-bond acceptors (Lipinski definition) is 3. The number of rotatable bonds is 6. The van der Waals surface area contributed by atoms with Crippen molar-refractivity contribution >= 4 is 11.7 Å². The molecule has 1 rings (SSSR count). The van der Waals surface area contributed by atoms with Crippen LogP contribution in [0.15, 0.2) is 12.1 Å². The molecule has 0 spiro atoms. The molecule has 0 saturated heterocycles. The number of nitrogens with one attached hydrogen (secondary N) is 1. The van der Waals surface area contributed by atoms with E-state index in [4.69, 9.17) is 4.74 Å². The zero-order chi connectivity index (χ0) is 14.4. The second kappa shape index (κ2) is 6.92. The van der Waals surface area contributed by atoms with E-state index in [1.54, 1.807) is 7.11 Å². The third kappa shape index (κ3) is 4.73. The summed E-state index contributed by atoms with van der Waals surface area (Å²) in [6, 6.07) is 4.12. The van der Waals surface area contributed by atoms with Crippen LogP contribution in [0, 0.1) is 13.8 Å². The van der Waals surface area contributed by atoms with Gasteiger partial charge >= 0.3 is 0 Å². The van der Waals surface area contributed by atoms with Crippen LogP contribution in [-0.4, -0.2) is 25.3 Å². The van der Waals surface area contributed by atoms with E-state index in [9.17, 15) is 9.59 Å². The maximum atomic E-state index is 11.3. The molecule has 4 heteroatoms. The van der Waals surface area contributed by atoms with Gasteiger partial charge in [-0.25, -0.2) is 0 Å². The van der Waals surface area contributed by atoms with E-state index in [2.05, 4.69) is 17.4 Å². The first kappa shape index (κ1) is 15.2. The number of benzene rings is 1. The van der Waals surface area contributed by atoms with Gasteiger partial charge in [-0.05, 0) is 43.9 Å². The zero-order valence-corrected chi connectivity index (χ0v) is 12.0. The average Bonchev–Trinajstić information content (AvgIpc) is 2.27. The molecule has 1 aromatic rings. The lowest BCUT2D eigenvalue weighted by Gasteiger charge is -2.11. The fourth-order valence-corrected chi connectivity index (χ4v) is 2.14. The quantitative estimate of drug-likeness (QED) is 0.798. The van der Waals surface area contributed by atoms with Gasteiger partial charge in [-0.3, -0.25) is 9.59 Å². The van der Waals surface area contributed by atoms with Gasteiger partial charge < -0.3 is 10.1 Å². The summed E-state index contributed by atoms with van der Waals surface area (Å²) in [4.78, 5) is 22.1. The highest BCUT2D eigenvalue weighted by atomic mass is 16.5. The Labute approximate surface area is 114 Å². The van der Waals surface area contributed by atoms with Crippen LogP contribution in [0.4, 0.5) is 0 Å². The molecule has 0 radical (unpaired) electrons. The van der Waals surface area contributed by atoms with E-state index in [1.165, 1.54) is 6.92 Å². The summed E-state index contributed by atoms with van der Waals surface area (Å²) < 4.78 is 5.31. The van der Waals surface area contributed by atoms with E-state index in [0.717, 1.165) is 28.9 Å². The maximum Gasteiger partial charge on any atom is 0.227 e. The minimum Gasteiger partial charge on any atom is -0.496 e. The number of ketones is 1. The van der Waals surface area contributed by atoms with Crippen LogP contribution in [0.3, 0.4) is 0 Å². The van der Waals surface area contributed by atoms with Crippen LogP contribution in [0.2, 0.25) is 0 Å². The van der Waals surface area contributed by atoms with Crippen LogP contribution >= 0.6 is 0 Å². The summed E-state index contributed by atoms with van der Waals surface area (Å²) in [5, 5.41) is 2.74. The highest BCUT2D eigenvalue weighted by molar-refractivity contribution is 5.96. The van der Waals surface area contributed by atoms with Crippen molar-refractivity contribution in [2.75, 3.05) is 13.7 Å². The van der Waals surface area contributed by atoms with Crippen LogP contribution in [-0.2, 0) is 16.0 Å². The highest BCUT2D eigenvalue weighted by Gasteiger charge is 2.07. The molecule has 1 N–H and O–H groups in total. The summed E-state index contributed by atoms with van der Waals surface area (Å²) in [6.07, 6.45) is 0.704. The van der Waals surface area contributed by atoms with Crippen molar-refractivity contribution < 1.29 is 14.3 Å². The van der Waals surface area contributed by atoms with E-state index in [-0.39, 0.29) is 18.1 Å². The summed E-state index contributed by atoms with van der Waals surface area (Å²) in [7, 11) is 1.66. The third-order valence-corrected chi connectivity index (χ3v) is 2.87. The zero-order valence-electron chi connectivity index (χ0n) is 12.0. The first-order valence-corrected chi connectivity index (χ1v) is 6.34. The molecule has 0 heterocycles. The SMILES string of the molecule is COc1c(C)cc(CCNC(=O)CC(C)=O)cc1C. The van der Waals surface area contributed by atoms with Gasteiger partial charge in [-0.2, -0.15) is 0 Å². The Morgan fingerprint density at radius 2 is 1.79 bits per heavy atom. The summed E-state index contributed by atoms with van der Waals surface area (Å²) >= 11 is 0. The first-order valence-electron chi connectivity index (χ1n) is 6.34. The van der Waals surface area contributed by atoms with Gasteiger partial charge in [0.1, 0.15) is 11.5 Å². The number of amides is 1. The predicted molar refractivity (Wildman–Crippen MR) is 74.5 cm³/mol. The molecule has 0 bridgehead atoms. The molecule has 1 amide bonds. The lowest BCUT2D eigenvalue weighted by atomic mass is 10.0. The van der Waals surface area contributed by atoms with Gasteiger partial charge in [0, 0.05) is 6.54 Å². The van der Waals surface area contributed by atoms with Crippen molar-refractivity contribution in [3.63, 3.8) is 0 Å². The number of carbonyl (C=O) groups excluding carboxylic acids is 2. The second-order valence-corrected chi connectivity index (χ2v) is 4.74. The Bertz CT molecular complexity index is 457. The Hall–Kier alpha value is -1.84.